The van der Waals surface area contributed by atoms with Crippen LogP contribution in [0, 0.1) is 0 Å². The van der Waals surface area contributed by atoms with Crippen LogP contribution in [0.2, 0.25) is 0 Å². The lowest BCUT2D eigenvalue weighted by atomic mass is 9.80. The molecule has 128 valence electrons. The van der Waals surface area contributed by atoms with E-state index in [0.717, 1.165) is 44.5 Å². The number of hydrogen-bond donors (Lipinski definition) is 3. The largest absolute Gasteiger partial charge is 0.388 e. The summed E-state index contributed by atoms with van der Waals surface area (Å²) in [6.07, 6.45) is 8.15. The van der Waals surface area contributed by atoms with Gasteiger partial charge < -0.3 is 15.7 Å². The number of rotatable bonds is 4. The van der Waals surface area contributed by atoms with Crippen molar-refractivity contribution in [3.63, 3.8) is 0 Å². The summed E-state index contributed by atoms with van der Waals surface area (Å²) < 4.78 is 2.06. The highest BCUT2D eigenvalue weighted by Crippen LogP contribution is 2.30. The summed E-state index contributed by atoms with van der Waals surface area (Å²) >= 11 is 0. The van der Waals surface area contributed by atoms with Crippen LogP contribution in [0.5, 0.6) is 0 Å². The van der Waals surface area contributed by atoms with Crippen molar-refractivity contribution in [2.24, 2.45) is 4.99 Å². The monoisotopic (exact) mass is 319 g/mol. The molecule has 2 aliphatic rings. The average Bonchev–Trinajstić information content (AvgIpc) is 2.93. The zero-order valence-electron chi connectivity index (χ0n) is 14.5. The van der Waals surface area contributed by atoms with Crippen LogP contribution in [0.15, 0.2) is 11.2 Å². The molecule has 6 nitrogen and oxygen atoms in total. The van der Waals surface area contributed by atoms with Gasteiger partial charge in [0.15, 0.2) is 5.96 Å². The predicted molar refractivity (Wildman–Crippen MR) is 91.7 cm³/mol. The quantitative estimate of drug-likeness (QED) is 0.579. The molecular formula is C17H29N5O. The molecule has 1 fully saturated rings. The minimum absolute atomic E-state index is 0.347. The second-order valence-electron chi connectivity index (χ2n) is 7.26. The van der Waals surface area contributed by atoms with Crippen LogP contribution in [0.25, 0.3) is 0 Å². The SMILES string of the molecule is CN=C(NCC1(O)CCC1)NC1CCc2cn(C(C)C)nc2C1. The van der Waals surface area contributed by atoms with E-state index in [0.29, 0.717) is 18.6 Å². The lowest BCUT2D eigenvalue weighted by Gasteiger charge is -2.37. The molecule has 3 N–H and O–H groups in total. The van der Waals surface area contributed by atoms with Crippen molar-refractivity contribution in [3.05, 3.63) is 17.5 Å². The maximum Gasteiger partial charge on any atom is 0.191 e. The second-order valence-corrected chi connectivity index (χ2v) is 7.26. The van der Waals surface area contributed by atoms with Crippen molar-refractivity contribution in [2.75, 3.05) is 13.6 Å². The number of aryl methyl sites for hydroxylation is 1. The fourth-order valence-electron chi connectivity index (χ4n) is 3.30. The Morgan fingerprint density at radius 2 is 2.30 bits per heavy atom. The lowest BCUT2D eigenvalue weighted by Crippen LogP contribution is -2.52. The van der Waals surface area contributed by atoms with Crippen molar-refractivity contribution in [3.8, 4) is 0 Å². The van der Waals surface area contributed by atoms with Gasteiger partial charge in [-0.2, -0.15) is 5.10 Å². The minimum atomic E-state index is -0.534. The summed E-state index contributed by atoms with van der Waals surface area (Å²) in [4.78, 5) is 4.29. The van der Waals surface area contributed by atoms with Crippen molar-refractivity contribution >= 4 is 5.96 Å². The van der Waals surface area contributed by atoms with Gasteiger partial charge in [-0.15, -0.1) is 0 Å². The van der Waals surface area contributed by atoms with Gasteiger partial charge in [-0.3, -0.25) is 9.67 Å². The molecule has 1 saturated carbocycles. The molecule has 0 radical (unpaired) electrons. The topological polar surface area (TPSA) is 74.5 Å². The molecule has 1 unspecified atom stereocenters. The average molecular weight is 319 g/mol. The maximum atomic E-state index is 10.2. The number of nitrogens with zero attached hydrogens (tertiary/aromatic N) is 3. The van der Waals surface area contributed by atoms with Gasteiger partial charge in [-0.05, 0) is 51.5 Å². The Kier molecular flexibility index (Phi) is 4.62. The maximum absolute atomic E-state index is 10.2. The third-order valence-electron chi connectivity index (χ3n) is 5.06. The molecular weight excluding hydrogens is 290 g/mol. The summed E-state index contributed by atoms with van der Waals surface area (Å²) in [7, 11) is 1.78. The first-order valence-electron chi connectivity index (χ1n) is 8.75. The fourth-order valence-corrected chi connectivity index (χ4v) is 3.30. The molecule has 1 aromatic rings. The third-order valence-corrected chi connectivity index (χ3v) is 5.06. The van der Waals surface area contributed by atoms with Gasteiger partial charge in [-0.1, -0.05) is 0 Å². The van der Waals surface area contributed by atoms with Crippen molar-refractivity contribution in [1.82, 2.24) is 20.4 Å². The number of guanidine groups is 1. The number of hydrogen-bond acceptors (Lipinski definition) is 3. The molecule has 0 saturated heterocycles. The lowest BCUT2D eigenvalue weighted by molar-refractivity contribution is -0.0279. The normalized spacial score (nSPS) is 23.3. The number of nitrogens with one attached hydrogen (secondary N) is 2. The molecule has 0 aromatic carbocycles. The molecule has 0 amide bonds. The molecule has 3 rings (SSSR count). The summed E-state index contributed by atoms with van der Waals surface area (Å²) in [6, 6.07) is 0.755. The second kappa shape index (κ2) is 6.51. The van der Waals surface area contributed by atoms with E-state index in [9.17, 15) is 5.11 Å². The summed E-state index contributed by atoms with van der Waals surface area (Å²) in [6.45, 7) is 4.89. The van der Waals surface area contributed by atoms with Crippen LogP contribution in [0.4, 0.5) is 0 Å². The first-order chi connectivity index (χ1) is 11.0. The molecule has 23 heavy (non-hydrogen) atoms. The Bertz CT molecular complexity index is 574. The van der Waals surface area contributed by atoms with Crippen molar-refractivity contribution < 1.29 is 5.11 Å². The van der Waals surface area contributed by atoms with Gasteiger partial charge in [0.05, 0.1) is 11.3 Å². The van der Waals surface area contributed by atoms with E-state index in [4.69, 9.17) is 5.10 Å². The third kappa shape index (κ3) is 3.68. The van der Waals surface area contributed by atoms with Gasteiger partial charge in [0, 0.05) is 38.3 Å². The van der Waals surface area contributed by atoms with Gasteiger partial charge in [0.2, 0.25) is 0 Å². The summed E-state index contributed by atoms with van der Waals surface area (Å²) in [5, 5.41) is 21.7. The van der Waals surface area contributed by atoms with Crippen LogP contribution in [0.1, 0.15) is 56.8 Å². The molecule has 1 heterocycles. The highest BCUT2D eigenvalue weighted by molar-refractivity contribution is 5.80. The standard InChI is InChI=1S/C17H29N5O/c1-12(2)22-10-13-5-6-14(9-15(13)21-22)20-16(18-3)19-11-17(23)7-4-8-17/h10,12,14,23H,4-9,11H2,1-3H3,(H2,18,19,20). The van der Waals surface area contributed by atoms with Crippen LogP contribution in [-0.2, 0) is 12.8 Å². The highest BCUT2D eigenvalue weighted by Gasteiger charge is 2.34. The molecule has 0 spiro atoms. The van der Waals surface area contributed by atoms with E-state index in [1.54, 1.807) is 7.05 Å². The smallest absolute Gasteiger partial charge is 0.191 e. The van der Waals surface area contributed by atoms with E-state index in [-0.39, 0.29) is 0 Å². The Morgan fingerprint density at radius 3 is 2.91 bits per heavy atom. The summed E-state index contributed by atoms with van der Waals surface area (Å²) in [5.74, 6) is 0.780. The van der Waals surface area contributed by atoms with E-state index in [2.05, 4.69) is 40.4 Å². The number of fused-ring (bicyclic) bond motifs is 1. The zero-order chi connectivity index (χ0) is 16.4. The Labute approximate surface area is 138 Å². The summed E-state index contributed by atoms with van der Waals surface area (Å²) in [5.41, 5.74) is 2.05. The van der Waals surface area contributed by atoms with E-state index in [1.165, 1.54) is 11.3 Å². The first-order valence-corrected chi connectivity index (χ1v) is 8.75. The Balaban J connectivity index is 1.55. The number of aromatic nitrogens is 2. The van der Waals surface area contributed by atoms with Crippen LogP contribution in [0.3, 0.4) is 0 Å². The van der Waals surface area contributed by atoms with Crippen molar-refractivity contribution in [2.45, 2.75) is 70.1 Å². The fraction of sp³-hybridized carbons (Fsp3) is 0.765. The van der Waals surface area contributed by atoms with E-state index in [1.807, 2.05) is 0 Å². The Hall–Kier alpha value is -1.56. The molecule has 1 atom stereocenters. The molecule has 0 bridgehead atoms. The number of aliphatic imine (C=N–C) groups is 1. The minimum Gasteiger partial charge on any atom is -0.388 e. The van der Waals surface area contributed by atoms with Crippen LogP contribution < -0.4 is 10.6 Å². The van der Waals surface area contributed by atoms with E-state index >= 15 is 0 Å². The molecule has 6 heteroatoms. The van der Waals surface area contributed by atoms with Crippen LogP contribution in [-0.4, -0.2) is 46.1 Å². The molecule has 2 aliphatic carbocycles. The van der Waals surface area contributed by atoms with Crippen molar-refractivity contribution in [1.29, 1.82) is 0 Å². The van der Waals surface area contributed by atoms with Gasteiger partial charge in [0.25, 0.3) is 0 Å². The van der Waals surface area contributed by atoms with Gasteiger partial charge in [0.1, 0.15) is 0 Å². The first kappa shape index (κ1) is 16.3. The number of aliphatic hydroxyl groups is 1. The highest BCUT2D eigenvalue weighted by atomic mass is 16.3. The van der Waals surface area contributed by atoms with Gasteiger partial charge >= 0.3 is 0 Å². The zero-order valence-corrected chi connectivity index (χ0v) is 14.5. The molecule has 1 aromatic heterocycles. The van der Waals surface area contributed by atoms with Crippen LogP contribution >= 0.6 is 0 Å². The van der Waals surface area contributed by atoms with E-state index < -0.39 is 5.60 Å². The predicted octanol–water partition coefficient (Wildman–Crippen LogP) is 1.40. The Morgan fingerprint density at radius 1 is 1.52 bits per heavy atom. The van der Waals surface area contributed by atoms with Gasteiger partial charge in [-0.25, -0.2) is 0 Å². The molecule has 0 aliphatic heterocycles.